The van der Waals surface area contributed by atoms with Crippen molar-refractivity contribution in [3.8, 4) is 0 Å². The maximum absolute atomic E-state index is 11.8. The van der Waals surface area contributed by atoms with Crippen molar-refractivity contribution in [2.45, 2.75) is 51.9 Å². The summed E-state index contributed by atoms with van der Waals surface area (Å²) in [4.78, 5) is 11.8. The lowest BCUT2D eigenvalue weighted by atomic mass is 9.82. The molecule has 2 aliphatic rings. The Morgan fingerprint density at radius 1 is 1.18 bits per heavy atom. The Hall–Kier alpha value is -0.790. The monoisotopic (exact) mass is 236 g/mol. The standard InChI is InChI=1S/C15H24O2/c1-3-17-15(16)11(2)13-10-9-12-7-5-4-6-8-14(12)13/h12-14H,2-10H2,1H3. The van der Waals surface area contributed by atoms with Gasteiger partial charge in [0.1, 0.15) is 0 Å². The molecule has 0 N–H and O–H groups in total. The van der Waals surface area contributed by atoms with Gasteiger partial charge in [0.2, 0.25) is 0 Å². The molecule has 3 atom stereocenters. The zero-order valence-electron chi connectivity index (χ0n) is 10.9. The Morgan fingerprint density at radius 2 is 1.94 bits per heavy atom. The first-order valence-corrected chi connectivity index (χ1v) is 7.10. The molecule has 0 amide bonds. The number of hydrogen-bond acceptors (Lipinski definition) is 2. The molecule has 2 fully saturated rings. The Labute approximate surface area is 104 Å². The Kier molecular flexibility index (Phi) is 4.25. The van der Waals surface area contributed by atoms with E-state index in [1.807, 2.05) is 6.92 Å². The van der Waals surface area contributed by atoms with Crippen LogP contribution in [0.1, 0.15) is 51.9 Å². The average molecular weight is 236 g/mol. The van der Waals surface area contributed by atoms with Crippen molar-refractivity contribution in [3.63, 3.8) is 0 Å². The second-order valence-electron chi connectivity index (χ2n) is 5.49. The molecule has 2 aliphatic carbocycles. The summed E-state index contributed by atoms with van der Waals surface area (Å²) in [6, 6.07) is 0. The first kappa shape index (κ1) is 12.7. The van der Waals surface area contributed by atoms with Crippen LogP contribution >= 0.6 is 0 Å². The van der Waals surface area contributed by atoms with Crippen LogP contribution in [0, 0.1) is 17.8 Å². The van der Waals surface area contributed by atoms with Crippen LogP contribution in [0.15, 0.2) is 12.2 Å². The number of hydrogen-bond donors (Lipinski definition) is 0. The minimum atomic E-state index is -0.164. The summed E-state index contributed by atoms with van der Waals surface area (Å²) in [7, 11) is 0. The number of carbonyl (C=O) groups is 1. The summed E-state index contributed by atoms with van der Waals surface area (Å²) in [6.07, 6.45) is 9.14. The summed E-state index contributed by atoms with van der Waals surface area (Å²) >= 11 is 0. The van der Waals surface area contributed by atoms with E-state index in [1.54, 1.807) is 0 Å². The zero-order chi connectivity index (χ0) is 12.3. The lowest BCUT2D eigenvalue weighted by molar-refractivity contribution is -0.139. The Balaban J connectivity index is 2.01. The smallest absolute Gasteiger partial charge is 0.333 e. The fourth-order valence-electron chi connectivity index (χ4n) is 3.72. The maximum atomic E-state index is 11.8. The predicted octanol–water partition coefficient (Wildman–Crippen LogP) is 3.71. The molecule has 96 valence electrons. The molecule has 2 heteroatoms. The van der Waals surface area contributed by atoms with Crippen molar-refractivity contribution in [2.75, 3.05) is 6.61 Å². The molecule has 17 heavy (non-hydrogen) atoms. The highest BCUT2D eigenvalue weighted by molar-refractivity contribution is 5.88. The topological polar surface area (TPSA) is 26.3 Å². The molecule has 0 heterocycles. The highest BCUT2D eigenvalue weighted by atomic mass is 16.5. The first-order valence-electron chi connectivity index (χ1n) is 7.10. The van der Waals surface area contributed by atoms with E-state index in [9.17, 15) is 4.79 Å². The van der Waals surface area contributed by atoms with Crippen molar-refractivity contribution in [1.29, 1.82) is 0 Å². The molecule has 0 aliphatic heterocycles. The van der Waals surface area contributed by atoms with Gasteiger partial charge in [0.15, 0.2) is 0 Å². The lowest BCUT2D eigenvalue weighted by Crippen LogP contribution is -2.21. The van der Waals surface area contributed by atoms with Gasteiger partial charge in [-0.25, -0.2) is 4.79 Å². The largest absolute Gasteiger partial charge is 0.463 e. The molecule has 0 aromatic heterocycles. The van der Waals surface area contributed by atoms with E-state index in [-0.39, 0.29) is 5.97 Å². The Morgan fingerprint density at radius 3 is 2.71 bits per heavy atom. The second kappa shape index (κ2) is 5.70. The molecule has 0 aromatic rings. The number of esters is 1. The number of fused-ring (bicyclic) bond motifs is 1. The molecular weight excluding hydrogens is 212 g/mol. The van der Waals surface area contributed by atoms with Crippen molar-refractivity contribution in [3.05, 3.63) is 12.2 Å². The minimum Gasteiger partial charge on any atom is -0.463 e. The third-order valence-corrected chi connectivity index (χ3v) is 4.57. The predicted molar refractivity (Wildman–Crippen MR) is 68.6 cm³/mol. The molecule has 2 saturated carbocycles. The quantitative estimate of drug-likeness (QED) is 0.551. The van der Waals surface area contributed by atoms with Crippen LogP contribution in [0.25, 0.3) is 0 Å². The fourth-order valence-corrected chi connectivity index (χ4v) is 3.72. The van der Waals surface area contributed by atoms with Crippen LogP contribution < -0.4 is 0 Å². The third kappa shape index (κ3) is 2.72. The van der Waals surface area contributed by atoms with Gasteiger partial charge in [-0.2, -0.15) is 0 Å². The molecule has 2 rings (SSSR count). The van der Waals surface area contributed by atoms with E-state index >= 15 is 0 Å². The van der Waals surface area contributed by atoms with Gasteiger partial charge in [-0.3, -0.25) is 0 Å². The van der Waals surface area contributed by atoms with Gasteiger partial charge in [0.25, 0.3) is 0 Å². The molecule has 3 unspecified atom stereocenters. The van der Waals surface area contributed by atoms with Crippen molar-refractivity contribution in [1.82, 2.24) is 0 Å². The van der Waals surface area contributed by atoms with Crippen molar-refractivity contribution in [2.24, 2.45) is 17.8 Å². The number of rotatable bonds is 3. The summed E-state index contributed by atoms with van der Waals surface area (Å²) < 4.78 is 5.09. The van der Waals surface area contributed by atoms with Gasteiger partial charge in [0, 0.05) is 5.57 Å². The number of ether oxygens (including phenoxy) is 1. The molecule has 0 aromatic carbocycles. The molecule has 0 bridgehead atoms. The van der Waals surface area contributed by atoms with Crippen LogP contribution in [0.3, 0.4) is 0 Å². The van der Waals surface area contributed by atoms with E-state index in [0.29, 0.717) is 18.4 Å². The van der Waals surface area contributed by atoms with Gasteiger partial charge in [-0.05, 0) is 43.9 Å². The summed E-state index contributed by atoms with van der Waals surface area (Å²) in [5.74, 6) is 1.78. The van der Waals surface area contributed by atoms with E-state index in [2.05, 4.69) is 6.58 Å². The van der Waals surface area contributed by atoms with Crippen LogP contribution in [0.5, 0.6) is 0 Å². The maximum Gasteiger partial charge on any atom is 0.333 e. The van der Waals surface area contributed by atoms with Gasteiger partial charge >= 0.3 is 5.97 Å². The van der Waals surface area contributed by atoms with Gasteiger partial charge in [-0.15, -0.1) is 0 Å². The SMILES string of the molecule is C=C(C(=O)OCC)C1CCC2CCCCCC21. The molecule has 0 radical (unpaired) electrons. The summed E-state index contributed by atoms with van der Waals surface area (Å²) in [6.45, 7) is 6.31. The number of carbonyl (C=O) groups excluding carboxylic acids is 1. The molecule has 2 nitrogen and oxygen atoms in total. The van der Waals surface area contributed by atoms with Gasteiger partial charge in [0.05, 0.1) is 6.61 Å². The van der Waals surface area contributed by atoms with Crippen molar-refractivity contribution < 1.29 is 9.53 Å². The van der Waals surface area contributed by atoms with Crippen LogP contribution in [-0.2, 0) is 9.53 Å². The normalized spacial score (nSPS) is 32.6. The van der Waals surface area contributed by atoms with Crippen LogP contribution in [0.4, 0.5) is 0 Å². The van der Waals surface area contributed by atoms with Gasteiger partial charge in [-0.1, -0.05) is 32.3 Å². The lowest BCUT2D eigenvalue weighted by Gasteiger charge is -2.23. The van der Waals surface area contributed by atoms with Crippen LogP contribution in [-0.4, -0.2) is 12.6 Å². The highest BCUT2D eigenvalue weighted by Gasteiger charge is 2.39. The van der Waals surface area contributed by atoms with Crippen molar-refractivity contribution >= 4 is 5.97 Å². The van der Waals surface area contributed by atoms with Crippen LogP contribution in [0.2, 0.25) is 0 Å². The summed E-state index contributed by atoms with van der Waals surface area (Å²) in [5, 5.41) is 0. The van der Waals surface area contributed by atoms with E-state index in [4.69, 9.17) is 4.74 Å². The van der Waals surface area contributed by atoms with Gasteiger partial charge < -0.3 is 4.74 Å². The molecular formula is C15H24O2. The molecule has 0 spiro atoms. The minimum absolute atomic E-state index is 0.164. The molecule has 0 saturated heterocycles. The Bertz CT molecular complexity index is 295. The average Bonchev–Trinajstić information content (AvgIpc) is 2.57. The van der Waals surface area contributed by atoms with E-state index in [1.165, 1.54) is 38.5 Å². The zero-order valence-corrected chi connectivity index (χ0v) is 10.9. The summed E-state index contributed by atoms with van der Waals surface area (Å²) in [5.41, 5.74) is 0.737. The second-order valence-corrected chi connectivity index (χ2v) is 5.49. The fraction of sp³-hybridized carbons (Fsp3) is 0.800. The van der Waals surface area contributed by atoms with E-state index < -0.39 is 0 Å². The third-order valence-electron chi connectivity index (χ3n) is 4.57. The highest BCUT2D eigenvalue weighted by Crippen LogP contribution is 2.47. The van der Waals surface area contributed by atoms with E-state index in [0.717, 1.165) is 17.9 Å². The first-order chi connectivity index (χ1) is 8.24.